The van der Waals surface area contributed by atoms with E-state index in [1.54, 1.807) is 48.5 Å². The molecule has 4 aromatic rings. The van der Waals surface area contributed by atoms with Crippen LogP contribution in [0, 0.1) is 6.92 Å². The third-order valence-electron chi connectivity index (χ3n) is 6.29. The predicted molar refractivity (Wildman–Crippen MR) is 158 cm³/mol. The molecule has 0 aliphatic carbocycles. The zero-order valence-corrected chi connectivity index (χ0v) is 23.4. The highest BCUT2D eigenvalue weighted by molar-refractivity contribution is 6.39. The molecule has 0 atom stereocenters. The van der Waals surface area contributed by atoms with Crippen molar-refractivity contribution in [3.05, 3.63) is 129 Å². The molecule has 1 N–H and O–H groups in total. The lowest BCUT2D eigenvalue weighted by Crippen LogP contribution is -2.54. The molecule has 1 aliphatic rings. The van der Waals surface area contributed by atoms with E-state index in [-0.39, 0.29) is 17.9 Å². The minimum Gasteiger partial charge on any atom is -0.489 e. The van der Waals surface area contributed by atoms with Crippen molar-refractivity contribution >= 4 is 52.8 Å². The smallest absolute Gasteiger partial charge is 0.335 e. The first kappa shape index (κ1) is 28.0. The first-order valence-electron chi connectivity index (χ1n) is 12.6. The molecule has 7 nitrogen and oxygen atoms in total. The van der Waals surface area contributed by atoms with Gasteiger partial charge in [0.2, 0.25) is 0 Å². The molecule has 9 heteroatoms. The first-order chi connectivity index (χ1) is 19.8. The second-order valence-electron chi connectivity index (χ2n) is 9.30. The van der Waals surface area contributed by atoms with E-state index in [4.69, 9.17) is 32.7 Å². The monoisotopic (exact) mass is 586 g/mol. The number of hydrogen-bond donors (Lipinski definition) is 1. The molecule has 0 radical (unpaired) electrons. The van der Waals surface area contributed by atoms with Gasteiger partial charge in [0.25, 0.3) is 11.8 Å². The maximum Gasteiger partial charge on any atom is 0.335 e. The zero-order chi connectivity index (χ0) is 28.9. The van der Waals surface area contributed by atoms with Crippen LogP contribution in [0.5, 0.6) is 11.5 Å². The number of rotatable bonds is 8. The topological polar surface area (TPSA) is 84.9 Å². The second-order valence-corrected chi connectivity index (χ2v) is 10.1. The minimum absolute atomic E-state index is 0.215. The Morgan fingerprint density at radius 1 is 0.805 bits per heavy atom. The lowest BCUT2D eigenvalue weighted by molar-refractivity contribution is -0.122. The molecule has 1 saturated heterocycles. The summed E-state index contributed by atoms with van der Waals surface area (Å²) in [6.07, 6.45) is 1.38. The lowest BCUT2D eigenvalue weighted by atomic mass is 10.1. The number of carbonyl (C=O) groups is 3. The molecular weight excluding hydrogens is 563 g/mol. The van der Waals surface area contributed by atoms with E-state index in [1.807, 2.05) is 49.4 Å². The summed E-state index contributed by atoms with van der Waals surface area (Å²) in [5.41, 5.74) is 3.50. The molecule has 4 amide bonds. The van der Waals surface area contributed by atoms with Gasteiger partial charge in [-0.15, -0.1) is 0 Å². The number of urea groups is 1. The number of carbonyl (C=O) groups excluding carboxylic acids is 3. The Bertz CT molecular complexity index is 1670. The van der Waals surface area contributed by atoms with E-state index in [2.05, 4.69) is 5.32 Å². The molecule has 1 aliphatic heterocycles. The van der Waals surface area contributed by atoms with Gasteiger partial charge >= 0.3 is 6.03 Å². The van der Waals surface area contributed by atoms with Gasteiger partial charge in [-0.2, -0.15) is 0 Å². The molecule has 5 rings (SSSR count). The van der Waals surface area contributed by atoms with Crippen LogP contribution in [0.3, 0.4) is 0 Å². The number of amides is 4. The molecule has 41 heavy (non-hydrogen) atoms. The number of anilines is 1. The summed E-state index contributed by atoms with van der Waals surface area (Å²) < 4.78 is 11.6. The van der Waals surface area contributed by atoms with E-state index in [0.717, 1.165) is 21.6 Å². The Labute approximate surface area is 246 Å². The maximum atomic E-state index is 13.3. The summed E-state index contributed by atoms with van der Waals surface area (Å²) in [5, 5.41) is 3.13. The second kappa shape index (κ2) is 12.3. The van der Waals surface area contributed by atoms with Gasteiger partial charge in [-0.1, -0.05) is 77.3 Å². The summed E-state index contributed by atoms with van der Waals surface area (Å²) in [7, 11) is 0. The van der Waals surface area contributed by atoms with Crippen LogP contribution < -0.4 is 19.7 Å². The number of nitrogens with one attached hydrogen (secondary N) is 1. The summed E-state index contributed by atoms with van der Waals surface area (Å²) in [6.45, 7) is 2.59. The van der Waals surface area contributed by atoms with E-state index >= 15 is 0 Å². The van der Waals surface area contributed by atoms with Gasteiger partial charge in [-0.05, 0) is 66.6 Å². The molecule has 0 bridgehead atoms. The molecule has 0 aromatic heterocycles. The fourth-order valence-electron chi connectivity index (χ4n) is 4.21. The largest absolute Gasteiger partial charge is 0.489 e. The van der Waals surface area contributed by atoms with Crippen LogP contribution in [0.4, 0.5) is 10.5 Å². The van der Waals surface area contributed by atoms with Crippen LogP contribution in [0.2, 0.25) is 10.0 Å². The van der Waals surface area contributed by atoms with Gasteiger partial charge in [0.15, 0.2) is 0 Å². The molecule has 1 heterocycles. The molecule has 0 saturated carbocycles. The van der Waals surface area contributed by atoms with Crippen molar-refractivity contribution in [2.24, 2.45) is 0 Å². The van der Waals surface area contributed by atoms with Crippen LogP contribution in [-0.4, -0.2) is 17.8 Å². The highest BCUT2D eigenvalue weighted by Gasteiger charge is 2.36. The first-order valence-corrected chi connectivity index (χ1v) is 13.4. The van der Waals surface area contributed by atoms with E-state index in [0.29, 0.717) is 33.7 Å². The molecule has 0 spiro atoms. The van der Waals surface area contributed by atoms with E-state index in [1.165, 1.54) is 6.08 Å². The van der Waals surface area contributed by atoms with Crippen molar-refractivity contribution in [3.8, 4) is 11.5 Å². The average molecular weight is 587 g/mol. The van der Waals surface area contributed by atoms with Gasteiger partial charge < -0.3 is 9.47 Å². The number of nitrogens with zero attached hydrogens (tertiary/aromatic N) is 1. The van der Waals surface area contributed by atoms with Gasteiger partial charge in [0.05, 0.1) is 10.7 Å². The Morgan fingerprint density at radius 3 is 2.32 bits per heavy atom. The van der Waals surface area contributed by atoms with Crippen molar-refractivity contribution in [3.63, 3.8) is 0 Å². The minimum atomic E-state index is -0.847. The van der Waals surface area contributed by atoms with Crippen LogP contribution in [-0.2, 0) is 22.8 Å². The SMILES string of the molecule is Cc1cccc(COc2ccc(/C=C3\C(=O)NC(=O)N(c4ccc(OCc5ccccc5Cl)cc4)C3=O)cc2Cl)c1. The third kappa shape index (κ3) is 6.60. The summed E-state index contributed by atoms with van der Waals surface area (Å²) in [6, 6.07) is 25.7. The van der Waals surface area contributed by atoms with Crippen molar-refractivity contribution < 1.29 is 23.9 Å². The van der Waals surface area contributed by atoms with Crippen LogP contribution >= 0.6 is 23.2 Å². The number of aryl methyl sites for hydroxylation is 1. The summed E-state index contributed by atoms with van der Waals surface area (Å²) >= 11 is 12.6. The number of barbiturate groups is 1. The Kier molecular flexibility index (Phi) is 8.38. The van der Waals surface area contributed by atoms with Crippen molar-refractivity contribution in [1.82, 2.24) is 5.32 Å². The van der Waals surface area contributed by atoms with Gasteiger partial charge in [-0.25, -0.2) is 9.69 Å². The van der Waals surface area contributed by atoms with Crippen LogP contribution in [0.25, 0.3) is 6.08 Å². The summed E-state index contributed by atoms with van der Waals surface area (Å²) in [4.78, 5) is 39.4. The molecule has 206 valence electrons. The molecule has 4 aromatic carbocycles. The van der Waals surface area contributed by atoms with E-state index in [9.17, 15) is 14.4 Å². The fraction of sp³-hybridized carbons (Fsp3) is 0.0938. The molecule has 1 fully saturated rings. The van der Waals surface area contributed by atoms with E-state index < -0.39 is 17.8 Å². The Morgan fingerprint density at radius 2 is 1.59 bits per heavy atom. The highest BCUT2D eigenvalue weighted by atomic mass is 35.5. The number of hydrogen-bond acceptors (Lipinski definition) is 5. The molecular formula is C32H24Cl2N2O5. The number of benzene rings is 4. The van der Waals surface area contributed by atoms with Crippen molar-refractivity contribution in [1.29, 1.82) is 0 Å². The fourth-order valence-corrected chi connectivity index (χ4v) is 4.65. The predicted octanol–water partition coefficient (Wildman–Crippen LogP) is 7.13. The lowest BCUT2D eigenvalue weighted by Gasteiger charge is -2.26. The number of imide groups is 2. The highest BCUT2D eigenvalue weighted by Crippen LogP contribution is 2.29. The van der Waals surface area contributed by atoms with Crippen LogP contribution in [0.15, 0.2) is 96.6 Å². The van der Waals surface area contributed by atoms with Crippen LogP contribution in [0.1, 0.15) is 22.3 Å². The van der Waals surface area contributed by atoms with Gasteiger partial charge in [0.1, 0.15) is 30.3 Å². The van der Waals surface area contributed by atoms with Crippen molar-refractivity contribution in [2.45, 2.75) is 20.1 Å². The van der Waals surface area contributed by atoms with Gasteiger partial charge in [0, 0.05) is 10.6 Å². The zero-order valence-electron chi connectivity index (χ0n) is 21.9. The summed E-state index contributed by atoms with van der Waals surface area (Å²) in [5.74, 6) is -0.584. The Balaban J connectivity index is 1.29. The van der Waals surface area contributed by atoms with Gasteiger partial charge in [-0.3, -0.25) is 14.9 Å². The molecule has 0 unspecified atom stereocenters. The number of ether oxygens (including phenoxy) is 2. The quantitative estimate of drug-likeness (QED) is 0.175. The maximum absolute atomic E-state index is 13.3. The average Bonchev–Trinajstić information content (AvgIpc) is 2.95. The normalized spacial score (nSPS) is 14.3. The Hall–Kier alpha value is -4.59. The standard InChI is InChI=1S/C32H24Cl2N2O5/c1-20-5-4-6-22(15-20)18-41-29-14-9-21(17-28(29)34)16-26-30(37)35-32(39)36(31(26)38)24-10-12-25(13-11-24)40-19-23-7-2-3-8-27(23)33/h2-17H,18-19H2,1H3,(H,35,37,39)/b26-16+. The third-order valence-corrected chi connectivity index (χ3v) is 6.96. The van der Waals surface area contributed by atoms with Crippen molar-refractivity contribution in [2.75, 3.05) is 4.90 Å². The number of halogens is 2.